The van der Waals surface area contributed by atoms with Gasteiger partial charge in [0.25, 0.3) is 0 Å². The fraction of sp³-hybridized carbons (Fsp3) is 0.0500. The molecule has 0 aliphatic carbocycles. The van der Waals surface area contributed by atoms with Crippen molar-refractivity contribution in [3.63, 3.8) is 0 Å². The number of hydrogen-bond donors (Lipinski definition) is 2. The van der Waals surface area contributed by atoms with Gasteiger partial charge in [-0.25, -0.2) is 29.9 Å². The van der Waals surface area contributed by atoms with Crippen molar-refractivity contribution < 1.29 is 0 Å². The number of allylic oxidation sites excluding steroid dienone is 3. The van der Waals surface area contributed by atoms with Crippen molar-refractivity contribution in [2.75, 3.05) is 7.05 Å². The molecule has 0 spiro atoms. The highest BCUT2D eigenvalue weighted by Gasteiger charge is 2.22. The molecule has 4 heterocycles. The smallest absolute Gasteiger partial charge is 0.115 e. The SMILES string of the molecule is C=C/C(=C\N=CN)c1cc(-c2cc(-c3cncnc3)c(-c3ccccn3)c(-c3cncnc3)c2)cc(/C(C)=C/N=CNC)c1-c1ccccn1. The Hall–Kier alpha value is -6.94. The Morgan fingerprint density at radius 1 is 0.700 bits per heavy atom. The Kier molecular flexibility index (Phi) is 10.4. The molecule has 10 heteroatoms. The van der Waals surface area contributed by atoms with E-state index in [1.54, 1.807) is 55.8 Å². The first-order chi connectivity index (χ1) is 24.6. The van der Waals surface area contributed by atoms with Crippen LogP contribution >= 0.6 is 0 Å². The molecular formula is C40H34N10. The van der Waals surface area contributed by atoms with Gasteiger partial charge in [-0.2, -0.15) is 0 Å². The molecule has 0 saturated carbocycles. The predicted octanol–water partition coefficient (Wildman–Crippen LogP) is 7.51. The second kappa shape index (κ2) is 15.8. The number of benzene rings is 2. The average molecular weight is 655 g/mol. The summed E-state index contributed by atoms with van der Waals surface area (Å²) in [7, 11) is 1.81. The van der Waals surface area contributed by atoms with E-state index in [1.807, 2.05) is 56.6 Å². The normalized spacial score (nSPS) is 12.0. The van der Waals surface area contributed by atoms with Gasteiger partial charge < -0.3 is 11.1 Å². The molecule has 3 N–H and O–H groups in total. The summed E-state index contributed by atoms with van der Waals surface area (Å²) in [4.78, 5) is 35.7. The Morgan fingerprint density at radius 3 is 1.78 bits per heavy atom. The van der Waals surface area contributed by atoms with E-state index in [1.165, 1.54) is 19.0 Å². The number of rotatable bonds is 11. The highest BCUT2D eigenvalue weighted by Crippen LogP contribution is 2.44. The van der Waals surface area contributed by atoms with Gasteiger partial charge in [0.1, 0.15) is 12.7 Å². The van der Waals surface area contributed by atoms with Crippen LogP contribution in [0.1, 0.15) is 18.1 Å². The summed E-state index contributed by atoms with van der Waals surface area (Å²) < 4.78 is 0. The second-order valence-corrected chi connectivity index (χ2v) is 11.0. The van der Waals surface area contributed by atoms with Crippen LogP contribution in [0.4, 0.5) is 0 Å². The van der Waals surface area contributed by atoms with Gasteiger partial charge in [-0.05, 0) is 94.4 Å². The Labute approximate surface area is 290 Å². The van der Waals surface area contributed by atoms with Gasteiger partial charge in [-0.3, -0.25) is 9.97 Å². The third kappa shape index (κ3) is 7.14. The van der Waals surface area contributed by atoms with E-state index in [4.69, 9.17) is 15.7 Å². The third-order valence-electron chi connectivity index (χ3n) is 7.92. The van der Waals surface area contributed by atoms with Crippen molar-refractivity contribution in [2.45, 2.75) is 6.92 Å². The molecule has 0 fully saturated rings. The maximum absolute atomic E-state index is 5.69. The summed E-state index contributed by atoms with van der Waals surface area (Å²) in [6, 6.07) is 20.3. The Morgan fingerprint density at radius 2 is 1.26 bits per heavy atom. The molecule has 0 amide bonds. The lowest BCUT2D eigenvalue weighted by atomic mass is 9.84. The molecule has 0 unspecified atom stereocenters. The van der Waals surface area contributed by atoms with E-state index in [0.29, 0.717) is 0 Å². The van der Waals surface area contributed by atoms with Crippen molar-refractivity contribution in [3.8, 4) is 55.9 Å². The number of nitrogens with zero attached hydrogens (tertiary/aromatic N) is 8. The summed E-state index contributed by atoms with van der Waals surface area (Å²) in [5, 5.41) is 2.96. The highest BCUT2D eigenvalue weighted by atomic mass is 14.9. The maximum atomic E-state index is 5.69. The largest absolute Gasteiger partial charge is 0.390 e. The van der Waals surface area contributed by atoms with E-state index < -0.39 is 0 Å². The van der Waals surface area contributed by atoms with Crippen molar-refractivity contribution in [1.82, 2.24) is 35.2 Å². The first-order valence-corrected chi connectivity index (χ1v) is 15.7. The molecule has 0 bridgehead atoms. The highest BCUT2D eigenvalue weighted by molar-refractivity contribution is 5.99. The van der Waals surface area contributed by atoms with E-state index in [-0.39, 0.29) is 0 Å². The van der Waals surface area contributed by atoms with E-state index in [9.17, 15) is 0 Å². The van der Waals surface area contributed by atoms with Crippen LogP contribution in [0.25, 0.3) is 67.0 Å². The van der Waals surface area contributed by atoms with Crippen molar-refractivity contribution in [1.29, 1.82) is 0 Å². The van der Waals surface area contributed by atoms with Crippen molar-refractivity contribution in [3.05, 3.63) is 147 Å². The molecule has 6 aromatic rings. The number of nitrogens with two attached hydrogens (primary N) is 1. The van der Waals surface area contributed by atoms with E-state index in [0.717, 1.165) is 78.2 Å². The van der Waals surface area contributed by atoms with Crippen LogP contribution in [0, 0.1) is 0 Å². The minimum Gasteiger partial charge on any atom is -0.390 e. The van der Waals surface area contributed by atoms with Gasteiger partial charge in [-0.15, -0.1) is 0 Å². The predicted molar refractivity (Wildman–Crippen MR) is 202 cm³/mol. The van der Waals surface area contributed by atoms with Crippen LogP contribution in [0.2, 0.25) is 0 Å². The summed E-state index contributed by atoms with van der Waals surface area (Å²) in [5.74, 6) is 0. The van der Waals surface area contributed by atoms with Gasteiger partial charge in [0, 0.05) is 84.5 Å². The molecule has 6 rings (SSSR count). The molecule has 0 radical (unpaired) electrons. The molecule has 10 nitrogen and oxygen atoms in total. The molecule has 0 aliphatic heterocycles. The van der Waals surface area contributed by atoms with Crippen LogP contribution in [0.15, 0.2) is 146 Å². The second-order valence-electron chi connectivity index (χ2n) is 11.0. The zero-order valence-corrected chi connectivity index (χ0v) is 27.6. The Balaban J connectivity index is 1.75. The molecular weight excluding hydrogens is 621 g/mol. The average Bonchev–Trinajstić information content (AvgIpc) is 3.18. The zero-order chi connectivity index (χ0) is 34.7. The van der Waals surface area contributed by atoms with Gasteiger partial charge in [0.2, 0.25) is 0 Å². The van der Waals surface area contributed by atoms with Crippen LogP contribution in [-0.2, 0) is 0 Å². The van der Waals surface area contributed by atoms with Crippen LogP contribution in [0.3, 0.4) is 0 Å². The summed E-state index contributed by atoms with van der Waals surface area (Å²) in [6.07, 6.45) is 22.0. The number of hydrogen-bond acceptors (Lipinski definition) is 8. The lowest BCUT2D eigenvalue weighted by Crippen LogP contribution is -2.00. The quantitative estimate of drug-likeness (QED) is 0.0831. The zero-order valence-electron chi connectivity index (χ0n) is 27.6. The van der Waals surface area contributed by atoms with Gasteiger partial charge in [0.05, 0.1) is 24.1 Å². The molecule has 244 valence electrons. The first kappa shape index (κ1) is 33.0. The molecule has 0 atom stereocenters. The first-order valence-electron chi connectivity index (χ1n) is 15.7. The minimum atomic E-state index is 0.764. The number of pyridine rings is 2. The van der Waals surface area contributed by atoms with Gasteiger partial charge in [-0.1, -0.05) is 24.8 Å². The van der Waals surface area contributed by atoms with Crippen LogP contribution < -0.4 is 11.1 Å². The fourth-order valence-corrected chi connectivity index (χ4v) is 5.71. The number of aromatic nitrogens is 6. The summed E-state index contributed by atoms with van der Waals surface area (Å²) in [5.41, 5.74) is 17.9. The topological polar surface area (TPSA) is 140 Å². The molecule has 50 heavy (non-hydrogen) atoms. The summed E-state index contributed by atoms with van der Waals surface area (Å²) in [6.45, 7) is 6.16. The van der Waals surface area contributed by atoms with Crippen molar-refractivity contribution in [2.24, 2.45) is 15.7 Å². The van der Waals surface area contributed by atoms with Crippen LogP contribution in [0.5, 0.6) is 0 Å². The fourth-order valence-electron chi connectivity index (χ4n) is 5.71. The summed E-state index contributed by atoms with van der Waals surface area (Å²) >= 11 is 0. The Bertz CT molecular complexity index is 2150. The molecule has 4 aromatic heterocycles. The van der Waals surface area contributed by atoms with Crippen molar-refractivity contribution >= 4 is 23.8 Å². The minimum absolute atomic E-state index is 0.764. The maximum Gasteiger partial charge on any atom is 0.115 e. The third-order valence-corrected chi connectivity index (χ3v) is 7.92. The van der Waals surface area contributed by atoms with Crippen LogP contribution in [-0.4, -0.2) is 49.6 Å². The van der Waals surface area contributed by atoms with E-state index >= 15 is 0 Å². The standard InChI is InChI=1S/C40H34N10/c1-4-28(18-43-23-41)34-14-29(13-33(27(2)17-44-24-42-3)39(34)37-9-5-7-11-49-37)30-15-35(31-19-45-25-46-20-31)40(38-10-6-8-12-50-38)36(16-30)32-21-47-26-48-22-32/h4-26H,1H2,2-3H3,(H2,41,43)(H,42,44)/b27-17+,28-18+. The van der Waals surface area contributed by atoms with Gasteiger partial charge in [0.15, 0.2) is 0 Å². The monoisotopic (exact) mass is 654 g/mol. The number of nitrogens with one attached hydrogen (secondary N) is 1. The lowest BCUT2D eigenvalue weighted by Gasteiger charge is -2.21. The molecule has 2 aromatic carbocycles. The van der Waals surface area contributed by atoms with Gasteiger partial charge >= 0.3 is 0 Å². The number of aliphatic imine (C=N–C) groups is 2. The lowest BCUT2D eigenvalue weighted by molar-refractivity contribution is 1.17. The molecule has 0 saturated heterocycles. The van der Waals surface area contributed by atoms with E-state index in [2.05, 4.69) is 66.1 Å². The molecule has 0 aliphatic rings.